The number of hydrogen-bond acceptors (Lipinski definition) is 15. The monoisotopic (exact) mass is 729 g/mol. The molecule has 0 aliphatic carbocycles. The first-order valence-corrected chi connectivity index (χ1v) is 17.7. The van der Waals surface area contributed by atoms with E-state index in [1.807, 2.05) is 0 Å². The molecule has 51 heavy (non-hydrogen) atoms. The zero-order valence-electron chi connectivity index (χ0n) is 30.9. The third kappa shape index (κ3) is 11.2. The van der Waals surface area contributed by atoms with E-state index in [-0.39, 0.29) is 31.7 Å². The fourth-order valence-electron chi connectivity index (χ4n) is 7.18. The van der Waals surface area contributed by atoms with E-state index in [0.717, 1.165) is 0 Å². The standard InChI is InChI=1S/C36H59NO14/c1-19-15-23(13-14-38)32(33(46-8)26(41)16-27(42)47-20(2)24(18-39)11-9-10-12-25(19)40)51-35-30(43)29(37(6)7)31(21(3)49-35)50-28-17-36(5,45)34(44)22(4)48-28/h9-12,14,19-24,26,28-35,39,41,43-45H,13,15-18H2,1-8H3/b11-9+,12-10+/t19-,20-,21?,22+,23+,24-,26-,28+,29?,30?,31?,32+,33?,34+,35+,36?/m1/s1. The number of aliphatic hydroxyl groups excluding tert-OH is 4. The van der Waals surface area contributed by atoms with Gasteiger partial charge in [-0.25, -0.2) is 0 Å². The molecule has 2 saturated heterocycles. The second kappa shape index (κ2) is 19.3. The summed E-state index contributed by atoms with van der Waals surface area (Å²) in [6.07, 6.45) is -5.53. The minimum atomic E-state index is -1.51. The Labute approximate surface area is 300 Å². The summed E-state index contributed by atoms with van der Waals surface area (Å²) < 4.78 is 36.1. The van der Waals surface area contributed by atoms with Crippen molar-refractivity contribution in [3.8, 4) is 0 Å². The average molecular weight is 730 g/mol. The maximum Gasteiger partial charge on any atom is 0.308 e. The van der Waals surface area contributed by atoms with Gasteiger partial charge < -0.3 is 63.6 Å². The molecule has 0 bridgehead atoms. The van der Waals surface area contributed by atoms with Crippen LogP contribution >= 0.6 is 0 Å². The highest BCUT2D eigenvalue weighted by Gasteiger charge is 2.51. The van der Waals surface area contributed by atoms with Gasteiger partial charge in [0.2, 0.25) is 0 Å². The normalized spacial score (nSPS) is 44.9. The van der Waals surface area contributed by atoms with Crippen molar-refractivity contribution in [2.75, 3.05) is 27.8 Å². The van der Waals surface area contributed by atoms with E-state index in [1.165, 1.54) is 26.2 Å². The van der Waals surface area contributed by atoms with Crippen LogP contribution < -0.4 is 0 Å². The summed E-state index contributed by atoms with van der Waals surface area (Å²) in [5, 5.41) is 54.2. The van der Waals surface area contributed by atoms with Gasteiger partial charge >= 0.3 is 5.97 Å². The van der Waals surface area contributed by atoms with E-state index in [9.17, 15) is 39.9 Å². The number of esters is 1. The van der Waals surface area contributed by atoms with Gasteiger partial charge in [-0.15, -0.1) is 0 Å². The molecule has 5 N–H and O–H groups in total. The van der Waals surface area contributed by atoms with E-state index in [1.54, 1.807) is 58.8 Å². The number of allylic oxidation sites excluding steroid dienone is 3. The van der Waals surface area contributed by atoms with Gasteiger partial charge in [-0.05, 0) is 60.2 Å². The Bertz CT molecular complexity index is 1190. The van der Waals surface area contributed by atoms with Crippen LogP contribution in [0.15, 0.2) is 24.3 Å². The van der Waals surface area contributed by atoms with Crippen LogP contribution in [0.25, 0.3) is 0 Å². The lowest BCUT2D eigenvalue weighted by atomic mass is 9.83. The highest BCUT2D eigenvalue weighted by Crippen LogP contribution is 2.36. The number of aliphatic hydroxyl groups is 5. The number of hydrogen-bond donors (Lipinski definition) is 5. The van der Waals surface area contributed by atoms with Gasteiger partial charge in [-0.2, -0.15) is 0 Å². The minimum Gasteiger partial charge on any atom is -0.462 e. The van der Waals surface area contributed by atoms with Crippen molar-refractivity contribution in [1.82, 2.24) is 4.90 Å². The van der Waals surface area contributed by atoms with Crippen LogP contribution in [0.4, 0.5) is 0 Å². The van der Waals surface area contributed by atoms with Gasteiger partial charge in [0, 0.05) is 31.8 Å². The minimum absolute atomic E-state index is 0.0367. The van der Waals surface area contributed by atoms with Crippen molar-refractivity contribution in [2.24, 2.45) is 17.8 Å². The number of carbonyl (C=O) groups excluding carboxylic acids is 3. The first-order valence-electron chi connectivity index (χ1n) is 17.7. The molecule has 3 aliphatic heterocycles. The summed E-state index contributed by atoms with van der Waals surface area (Å²) in [6, 6.07) is -0.759. The van der Waals surface area contributed by atoms with Crippen molar-refractivity contribution >= 4 is 18.0 Å². The topological polar surface area (TPSA) is 211 Å². The summed E-state index contributed by atoms with van der Waals surface area (Å²) >= 11 is 0. The highest BCUT2D eigenvalue weighted by molar-refractivity contribution is 5.91. The van der Waals surface area contributed by atoms with E-state index in [4.69, 9.17) is 28.4 Å². The Morgan fingerprint density at radius 2 is 1.67 bits per heavy atom. The Morgan fingerprint density at radius 1 is 0.980 bits per heavy atom. The Morgan fingerprint density at radius 3 is 2.25 bits per heavy atom. The molecule has 3 rings (SSSR count). The molecule has 0 aromatic rings. The second-order valence-corrected chi connectivity index (χ2v) is 14.6. The third-order valence-corrected chi connectivity index (χ3v) is 10.2. The van der Waals surface area contributed by atoms with Crippen molar-refractivity contribution in [3.05, 3.63) is 24.3 Å². The smallest absolute Gasteiger partial charge is 0.308 e. The summed E-state index contributed by atoms with van der Waals surface area (Å²) in [6.45, 7) is 7.81. The second-order valence-electron chi connectivity index (χ2n) is 14.6. The van der Waals surface area contributed by atoms with Crippen molar-refractivity contribution in [3.63, 3.8) is 0 Å². The maximum absolute atomic E-state index is 13.1. The summed E-state index contributed by atoms with van der Waals surface area (Å²) in [5.41, 5.74) is -1.48. The van der Waals surface area contributed by atoms with Crippen LogP contribution in [0.1, 0.15) is 60.3 Å². The van der Waals surface area contributed by atoms with Crippen LogP contribution in [0.2, 0.25) is 0 Å². The number of cyclic esters (lactones) is 1. The van der Waals surface area contributed by atoms with Gasteiger partial charge in [-0.3, -0.25) is 9.59 Å². The Kier molecular flexibility index (Phi) is 16.3. The lowest BCUT2D eigenvalue weighted by Crippen LogP contribution is -2.65. The Hall–Kier alpha value is -2.15. The van der Waals surface area contributed by atoms with Crippen molar-refractivity contribution in [2.45, 2.75) is 139 Å². The molecule has 2 fully saturated rings. The molecule has 0 spiro atoms. The molecular formula is C36H59NO14. The molecule has 6 unspecified atom stereocenters. The first-order chi connectivity index (χ1) is 23.9. The largest absolute Gasteiger partial charge is 0.462 e. The zero-order chi connectivity index (χ0) is 38.2. The van der Waals surface area contributed by atoms with Gasteiger partial charge in [0.1, 0.15) is 36.8 Å². The SMILES string of the molecule is COC1[C@H](O)CC(=O)O[C@H](C)[C@@H](CO)/C=C/C=C/C(=O)[C@H](C)C[C@H](CC=O)[C@@H]1O[C@@H]1OC(C)C(O[C@H]2CC(C)(O)[C@@H](O)[C@H](C)O2)C(N(C)C)C1O. The number of likely N-dealkylation sites (N-methyl/N-ethyl adjacent to an activating group) is 1. The predicted molar refractivity (Wildman–Crippen MR) is 182 cm³/mol. The molecule has 0 aromatic heterocycles. The summed E-state index contributed by atoms with van der Waals surface area (Å²) in [7, 11) is 4.77. The third-order valence-electron chi connectivity index (χ3n) is 10.2. The molecule has 15 heteroatoms. The highest BCUT2D eigenvalue weighted by atomic mass is 16.7. The van der Waals surface area contributed by atoms with Gasteiger partial charge in [0.05, 0.1) is 49.1 Å². The van der Waals surface area contributed by atoms with Crippen LogP contribution in [-0.4, -0.2) is 155 Å². The number of nitrogens with zero attached hydrogens (tertiary/aromatic N) is 1. The lowest BCUT2D eigenvalue weighted by Gasteiger charge is -2.50. The van der Waals surface area contributed by atoms with Gasteiger partial charge in [-0.1, -0.05) is 25.2 Å². The fourth-order valence-corrected chi connectivity index (χ4v) is 7.18. The molecule has 0 aromatic carbocycles. The first kappa shape index (κ1) is 43.3. The molecule has 0 radical (unpaired) electrons. The molecule has 0 saturated carbocycles. The predicted octanol–water partition coefficient (Wildman–Crippen LogP) is 0.272. The number of ketones is 1. The molecular weight excluding hydrogens is 670 g/mol. The quantitative estimate of drug-likeness (QED) is 0.159. The van der Waals surface area contributed by atoms with E-state index in [0.29, 0.717) is 6.29 Å². The zero-order valence-corrected chi connectivity index (χ0v) is 30.9. The summed E-state index contributed by atoms with van der Waals surface area (Å²) in [5.74, 6) is -2.92. The maximum atomic E-state index is 13.1. The Balaban J connectivity index is 1.96. The van der Waals surface area contributed by atoms with Crippen molar-refractivity contribution in [1.29, 1.82) is 0 Å². The number of methoxy groups -OCH3 is 1. The van der Waals surface area contributed by atoms with E-state index in [2.05, 4.69) is 0 Å². The number of rotatable bonds is 9. The molecule has 292 valence electrons. The van der Waals surface area contributed by atoms with E-state index < -0.39 is 109 Å². The van der Waals surface area contributed by atoms with Crippen LogP contribution in [0, 0.1) is 17.8 Å². The van der Waals surface area contributed by atoms with Gasteiger partial charge in [0.25, 0.3) is 0 Å². The van der Waals surface area contributed by atoms with Gasteiger partial charge in [0.15, 0.2) is 18.4 Å². The average Bonchev–Trinajstić information content (AvgIpc) is 3.04. The van der Waals surface area contributed by atoms with Crippen LogP contribution in [0.3, 0.4) is 0 Å². The fraction of sp³-hybridized carbons (Fsp3) is 0.806. The molecule has 3 aliphatic rings. The summed E-state index contributed by atoms with van der Waals surface area (Å²) in [4.78, 5) is 39.9. The number of aldehydes is 1. The number of carbonyl (C=O) groups is 3. The van der Waals surface area contributed by atoms with Crippen LogP contribution in [0.5, 0.6) is 0 Å². The van der Waals surface area contributed by atoms with Crippen molar-refractivity contribution < 1.29 is 68.3 Å². The van der Waals surface area contributed by atoms with E-state index >= 15 is 0 Å². The molecule has 15 nitrogen and oxygen atoms in total. The molecule has 16 atom stereocenters. The molecule has 3 heterocycles. The van der Waals surface area contributed by atoms with Crippen LogP contribution in [-0.2, 0) is 42.8 Å². The number of ether oxygens (including phenoxy) is 6. The lowest BCUT2D eigenvalue weighted by molar-refractivity contribution is -0.344. The molecule has 0 amide bonds.